The first-order chi connectivity index (χ1) is 11.2. The Bertz CT molecular complexity index is 787. The van der Waals surface area contributed by atoms with Crippen LogP contribution in [0.2, 0.25) is 10.0 Å². The molecule has 2 nitrogen and oxygen atoms in total. The predicted molar refractivity (Wildman–Crippen MR) is 95.8 cm³/mol. The summed E-state index contributed by atoms with van der Waals surface area (Å²) in [5.74, 6) is 1.71. The fourth-order valence-corrected chi connectivity index (χ4v) is 4.35. The van der Waals surface area contributed by atoms with Crippen molar-refractivity contribution < 1.29 is 4.74 Å². The number of para-hydroxylation sites is 1. The summed E-state index contributed by atoms with van der Waals surface area (Å²) in [5, 5.41) is 5.04. The van der Waals surface area contributed by atoms with Crippen LogP contribution in [0.4, 0.5) is 5.69 Å². The number of ether oxygens (including phenoxy) is 1. The minimum atomic E-state index is 0.142. The average molecular weight is 346 g/mol. The molecular formula is C19H17Cl2NO. The van der Waals surface area contributed by atoms with Gasteiger partial charge in [0.25, 0.3) is 0 Å². The molecule has 0 aromatic heterocycles. The molecule has 2 aromatic carbocycles. The van der Waals surface area contributed by atoms with Crippen molar-refractivity contribution in [3.8, 4) is 5.75 Å². The molecule has 1 aliphatic carbocycles. The molecule has 0 radical (unpaired) electrons. The van der Waals surface area contributed by atoms with E-state index in [0.717, 1.165) is 23.4 Å². The maximum Gasteiger partial charge on any atom is 0.142 e. The molecule has 0 spiro atoms. The van der Waals surface area contributed by atoms with Gasteiger partial charge in [0, 0.05) is 16.0 Å². The largest absolute Gasteiger partial charge is 0.495 e. The van der Waals surface area contributed by atoms with Gasteiger partial charge in [-0.2, -0.15) is 0 Å². The van der Waals surface area contributed by atoms with E-state index in [1.54, 1.807) is 7.11 Å². The summed E-state index contributed by atoms with van der Waals surface area (Å²) >= 11 is 12.5. The van der Waals surface area contributed by atoms with Crippen molar-refractivity contribution in [1.29, 1.82) is 0 Å². The third-order valence-corrected chi connectivity index (χ3v) is 5.44. The molecule has 2 aromatic rings. The summed E-state index contributed by atoms with van der Waals surface area (Å²) in [4.78, 5) is 0. The van der Waals surface area contributed by atoms with E-state index in [4.69, 9.17) is 27.9 Å². The summed E-state index contributed by atoms with van der Waals surface area (Å²) in [6.07, 6.45) is 5.61. The average Bonchev–Trinajstić information content (AvgIpc) is 3.04. The van der Waals surface area contributed by atoms with Gasteiger partial charge >= 0.3 is 0 Å². The van der Waals surface area contributed by atoms with E-state index in [-0.39, 0.29) is 6.04 Å². The minimum Gasteiger partial charge on any atom is -0.495 e. The third kappa shape index (κ3) is 2.41. The monoisotopic (exact) mass is 345 g/mol. The maximum absolute atomic E-state index is 6.48. The van der Waals surface area contributed by atoms with Crippen LogP contribution in [0.1, 0.15) is 29.5 Å². The lowest BCUT2D eigenvalue weighted by Gasteiger charge is -2.38. The van der Waals surface area contributed by atoms with E-state index < -0.39 is 0 Å². The summed E-state index contributed by atoms with van der Waals surface area (Å²) in [6, 6.07) is 12.1. The number of anilines is 1. The number of nitrogens with one attached hydrogen (secondary N) is 1. The lowest BCUT2D eigenvalue weighted by atomic mass is 9.77. The molecule has 2 aliphatic rings. The number of hydrogen-bond acceptors (Lipinski definition) is 2. The van der Waals surface area contributed by atoms with E-state index in [1.807, 2.05) is 24.3 Å². The summed E-state index contributed by atoms with van der Waals surface area (Å²) < 4.78 is 5.55. The molecular weight excluding hydrogens is 329 g/mol. The van der Waals surface area contributed by atoms with Crippen LogP contribution < -0.4 is 10.1 Å². The van der Waals surface area contributed by atoms with E-state index in [9.17, 15) is 0 Å². The molecule has 0 bridgehead atoms. The summed E-state index contributed by atoms with van der Waals surface area (Å²) in [5.41, 5.74) is 3.45. The van der Waals surface area contributed by atoms with Gasteiger partial charge in [-0.25, -0.2) is 0 Å². The Morgan fingerprint density at radius 1 is 1.13 bits per heavy atom. The Labute approximate surface area is 146 Å². The molecule has 0 unspecified atom stereocenters. The van der Waals surface area contributed by atoms with E-state index in [1.165, 1.54) is 5.56 Å². The van der Waals surface area contributed by atoms with E-state index in [2.05, 4.69) is 29.6 Å². The predicted octanol–water partition coefficient (Wildman–Crippen LogP) is 5.83. The van der Waals surface area contributed by atoms with Crippen LogP contribution in [0, 0.1) is 5.92 Å². The standard InChI is InChI=1S/C19H17Cl2NO/c1-23-17-7-3-6-14-12-4-2-5-13(12)18(22-19(14)17)15-9-8-11(20)10-16(15)21/h2-4,6-10,12-13,18,22H,5H2,1H3/t12-,13-,18+/m1/s1. The van der Waals surface area contributed by atoms with Gasteiger partial charge in [0.1, 0.15) is 5.75 Å². The molecule has 23 heavy (non-hydrogen) atoms. The fraction of sp³-hybridized carbons (Fsp3) is 0.263. The Kier molecular flexibility index (Phi) is 3.74. The Morgan fingerprint density at radius 3 is 2.78 bits per heavy atom. The summed E-state index contributed by atoms with van der Waals surface area (Å²) in [6.45, 7) is 0. The van der Waals surface area contributed by atoms with Crippen LogP contribution >= 0.6 is 23.2 Å². The fourth-order valence-electron chi connectivity index (χ4n) is 3.82. The molecule has 4 rings (SSSR count). The van der Waals surface area contributed by atoms with Gasteiger partial charge in [-0.3, -0.25) is 0 Å². The molecule has 0 saturated heterocycles. The highest BCUT2D eigenvalue weighted by molar-refractivity contribution is 6.35. The smallest absolute Gasteiger partial charge is 0.142 e. The lowest BCUT2D eigenvalue weighted by molar-refractivity contribution is 0.397. The third-order valence-electron chi connectivity index (χ3n) is 4.88. The Balaban J connectivity index is 1.83. The molecule has 1 N–H and O–H groups in total. The zero-order valence-corrected chi connectivity index (χ0v) is 14.2. The minimum absolute atomic E-state index is 0.142. The van der Waals surface area contributed by atoms with Crippen LogP contribution in [0.3, 0.4) is 0 Å². The first kappa shape index (κ1) is 14.9. The van der Waals surface area contributed by atoms with Crippen LogP contribution in [-0.2, 0) is 0 Å². The molecule has 0 saturated carbocycles. The SMILES string of the molecule is COc1cccc2c1N[C@H](c1ccc(Cl)cc1Cl)[C@@H]1CC=C[C@@H]21. The Morgan fingerprint density at radius 2 is 2.00 bits per heavy atom. The number of halogens is 2. The van der Waals surface area contributed by atoms with E-state index >= 15 is 0 Å². The second kappa shape index (κ2) is 5.77. The highest BCUT2D eigenvalue weighted by Crippen LogP contribution is 2.52. The zero-order valence-electron chi connectivity index (χ0n) is 12.7. The molecule has 3 atom stereocenters. The summed E-state index contributed by atoms with van der Waals surface area (Å²) in [7, 11) is 1.71. The van der Waals surface area contributed by atoms with Gasteiger partial charge in [0.15, 0.2) is 0 Å². The van der Waals surface area contributed by atoms with Gasteiger partial charge in [-0.1, -0.05) is 53.6 Å². The molecule has 0 amide bonds. The number of allylic oxidation sites excluding steroid dienone is 2. The zero-order chi connectivity index (χ0) is 16.0. The maximum atomic E-state index is 6.48. The quantitative estimate of drug-likeness (QED) is 0.691. The van der Waals surface area contributed by atoms with Gasteiger partial charge in [-0.15, -0.1) is 0 Å². The first-order valence-electron chi connectivity index (χ1n) is 7.74. The van der Waals surface area contributed by atoms with Crippen molar-refractivity contribution in [3.63, 3.8) is 0 Å². The highest BCUT2D eigenvalue weighted by atomic mass is 35.5. The topological polar surface area (TPSA) is 21.3 Å². The number of methoxy groups -OCH3 is 1. The number of rotatable bonds is 2. The molecule has 1 heterocycles. The molecule has 118 valence electrons. The highest BCUT2D eigenvalue weighted by Gasteiger charge is 2.39. The van der Waals surface area contributed by atoms with Gasteiger partial charge in [0.2, 0.25) is 0 Å². The number of hydrogen-bond donors (Lipinski definition) is 1. The number of benzene rings is 2. The normalized spacial score (nSPS) is 24.7. The van der Waals surface area contributed by atoms with Crippen LogP contribution in [0.15, 0.2) is 48.6 Å². The van der Waals surface area contributed by atoms with Crippen molar-refractivity contribution in [1.82, 2.24) is 0 Å². The van der Waals surface area contributed by atoms with Crippen LogP contribution in [0.5, 0.6) is 5.75 Å². The molecule has 1 aliphatic heterocycles. The number of fused-ring (bicyclic) bond motifs is 3. The van der Waals surface area contributed by atoms with E-state index in [0.29, 0.717) is 21.9 Å². The van der Waals surface area contributed by atoms with Crippen molar-refractivity contribution in [2.45, 2.75) is 18.4 Å². The van der Waals surface area contributed by atoms with Gasteiger partial charge in [0.05, 0.1) is 18.8 Å². The van der Waals surface area contributed by atoms with Crippen LogP contribution in [0.25, 0.3) is 0 Å². The second-order valence-electron chi connectivity index (χ2n) is 6.07. The van der Waals surface area contributed by atoms with Gasteiger partial charge in [-0.05, 0) is 41.7 Å². The molecule has 4 heteroatoms. The van der Waals surface area contributed by atoms with Crippen molar-refractivity contribution in [2.24, 2.45) is 5.92 Å². The first-order valence-corrected chi connectivity index (χ1v) is 8.49. The molecule has 0 fully saturated rings. The Hall–Kier alpha value is -1.64. The van der Waals surface area contributed by atoms with Crippen molar-refractivity contribution >= 4 is 28.9 Å². The second-order valence-corrected chi connectivity index (χ2v) is 6.91. The van der Waals surface area contributed by atoms with Crippen molar-refractivity contribution in [2.75, 3.05) is 12.4 Å². The lowest BCUT2D eigenvalue weighted by Crippen LogP contribution is -2.29. The van der Waals surface area contributed by atoms with Crippen molar-refractivity contribution in [3.05, 3.63) is 69.7 Å². The van der Waals surface area contributed by atoms with Gasteiger partial charge < -0.3 is 10.1 Å². The van der Waals surface area contributed by atoms with Crippen LogP contribution in [-0.4, -0.2) is 7.11 Å².